The van der Waals surface area contributed by atoms with Crippen molar-refractivity contribution in [2.45, 2.75) is 19.4 Å². The van der Waals surface area contributed by atoms with E-state index in [1.807, 2.05) is 50.2 Å². The second-order valence-corrected chi connectivity index (χ2v) is 6.49. The van der Waals surface area contributed by atoms with Gasteiger partial charge in [-0.3, -0.25) is 5.32 Å². The molecule has 0 aliphatic carbocycles. The highest BCUT2D eigenvalue weighted by atomic mass is 16.6. The summed E-state index contributed by atoms with van der Waals surface area (Å²) in [4.78, 5) is 16.5. The molecule has 126 valence electrons. The molecule has 5 nitrogen and oxygen atoms in total. The highest BCUT2D eigenvalue weighted by molar-refractivity contribution is 6.01. The molecule has 5 heteroatoms. The van der Waals surface area contributed by atoms with Crippen molar-refractivity contribution in [3.8, 4) is 16.9 Å². The molecule has 0 spiro atoms. The van der Waals surface area contributed by atoms with Gasteiger partial charge in [-0.15, -0.1) is 0 Å². The third-order valence-electron chi connectivity index (χ3n) is 4.47. The van der Waals surface area contributed by atoms with Crippen molar-refractivity contribution in [1.29, 1.82) is 0 Å². The first kappa shape index (κ1) is 15.4. The van der Waals surface area contributed by atoms with Gasteiger partial charge in [0.2, 0.25) is 0 Å². The van der Waals surface area contributed by atoms with Gasteiger partial charge in [0.1, 0.15) is 22.7 Å². The molecule has 25 heavy (non-hydrogen) atoms. The average Bonchev–Trinajstić information content (AvgIpc) is 2.59. The van der Waals surface area contributed by atoms with E-state index in [1.165, 1.54) is 0 Å². The number of nitrogens with zero attached hydrogens (tertiary/aromatic N) is 1. The van der Waals surface area contributed by atoms with Crippen LogP contribution in [0.5, 0.6) is 5.75 Å². The molecule has 0 bridgehead atoms. The first-order valence-electron chi connectivity index (χ1n) is 8.07. The summed E-state index contributed by atoms with van der Waals surface area (Å²) in [5, 5.41) is 3.65. The zero-order valence-corrected chi connectivity index (χ0v) is 14.3. The fourth-order valence-electron chi connectivity index (χ4n) is 3.23. The van der Waals surface area contributed by atoms with E-state index >= 15 is 0 Å². The molecular weight excluding hydrogens is 316 g/mol. The Labute approximate surface area is 145 Å². The van der Waals surface area contributed by atoms with Crippen molar-refractivity contribution in [3.05, 3.63) is 54.1 Å². The summed E-state index contributed by atoms with van der Waals surface area (Å²) in [6, 6.07) is 16.1. The molecule has 0 atom stereocenters. The highest BCUT2D eigenvalue weighted by Gasteiger charge is 2.35. The van der Waals surface area contributed by atoms with E-state index in [1.54, 1.807) is 7.11 Å². The molecular formula is C20H18N2O3. The van der Waals surface area contributed by atoms with Crippen LogP contribution >= 0.6 is 0 Å². The molecule has 0 saturated heterocycles. The van der Waals surface area contributed by atoms with E-state index in [9.17, 15) is 4.79 Å². The molecule has 3 aromatic rings. The van der Waals surface area contributed by atoms with Gasteiger partial charge in [-0.25, -0.2) is 9.78 Å². The predicted molar refractivity (Wildman–Crippen MR) is 96.9 cm³/mol. The Kier molecular flexibility index (Phi) is 3.39. The summed E-state index contributed by atoms with van der Waals surface area (Å²) in [7, 11) is 1.61. The molecule has 0 unspecified atom stereocenters. The number of ether oxygens (including phenoxy) is 2. The number of cyclic esters (lactones) is 1. The minimum atomic E-state index is -0.754. The Morgan fingerprint density at radius 2 is 1.88 bits per heavy atom. The van der Waals surface area contributed by atoms with Gasteiger partial charge < -0.3 is 9.47 Å². The Morgan fingerprint density at radius 1 is 1.12 bits per heavy atom. The van der Waals surface area contributed by atoms with E-state index in [4.69, 9.17) is 9.47 Å². The summed E-state index contributed by atoms with van der Waals surface area (Å²) in [5.41, 5.74) is 2.94. The lowest BCUT2D eigenvalue weighted by atomic mass is 9.92. The Balaban J connectivity index is 2.06. The first-order chi connectivity index (χ1) is 12.0. The van der Waals surface area contributed by atoms with E-state index in [-0.39, 0.29) is 0 Å². The van der Waals surface area contributed by atoms with Crippen LogP contribution in [-0.2, 0) is 10.3 Å². The lowest BCUT2D eigenvalue weighted by Crippen LogP contribution is -2.35. The summed E-state index contributed by atoms with van der Waals surface area (Å²) in [6.07, 6.45) is -0.498. The molecule has 0 fully saturated rings. The van der Waals surface area contributed by atoms with Crippen molar-refractivity contribution in [2.75, 3.05) is 12.4 Å². The van der Waals surface area contributed by atoms with Crippen molar-refractivity contribution < 1.29 is 14.3 Å². The van der Waals surface area contributed by atoms with Crippen molar-refractivity contribution in [2.24, 2.45) is 0 Å². The van der Waals surface area contributed by atoms with Gasteiger partial charge in [0.05, 0.1) is 7.11 Å². The van der Waals surface area contributed by atoms with Crippen molar-refractivity contribution in [1.82, 2.24) is 4.98 Å². The molecule has 1 amide bonds. The number of pyridine rings is 1. The van der Waals surface area contributed by atoms with Gasteiger partial charge >= 0.3 is 6.09 Å². The minimum absolute atomic E-state index is 0.498. The van der Waals surface area contributed by atoms with Gasteiger partial charge in [0, 0.05) is 10.9 Å². The van der Waals surface area contributed by atoms with Crippen LogP contribution in [0.4, 0.5) is 10.6 Å². The van der Waals surface area contributed by atoms with Gasteiger partial charge in [0.15, 0.2) is 0 Å². The lowest BCUT2D eigenvalue weighted by molar-refractivity contribution is 0.0417. The number of amides is 1. The molecule has 2 heterocycles. The summed E-state index contributed by atoms with van der Waals surface area (Å²) < 4.78 is 10.9. The number of nitrogens with one attached hydrogen (secondary N) is 1. The Hall–Kier alpha value is -3.08. The number of fused-ring (bicyclic) bond motifs is 2. The van der Waals surface area contributed by atoms with Crippen LogP contribution in [0, 0.1) is 0 Å². The minimum Gasteiger partial charge on any atom is -0.494 e. The lowest BCUT2D eigenvalue weighted by Gasteiger charge is -2.32. The van der Waals surface area contributed by atoms with Crippen molar-refractivity contribution >= 4 is 22.8 Å². The first-order valence-corrected chi connectivity index (χ1v) is 8.07. The molecule has 1 N–H and O–H groups in total. The van der Waals surface area contributed by atoms with Crippen LogP contribution in [0.25, 0.3) is 22.0 Å². The molecule has 2 aromatic carbocycles. The zero-order valence-electron chi connectivity index (χ0n) is 14.3. The largest absolute Gasteiger partial charge is 0.494 e. The number of carbonyl (C=O) groups excluding carboxylic acids is 1. The number of aromatic nitrogens is 1. The zero-order chi connectivity index (χ0) is 17.6. The van der Waals surface area contributed by atoms with Crippen LogP contribution in [0.15, 0.2) is 48.5 Å². The number of hydrogen-bond acceptors (Lipinski definition) is 4. The fourth-order valence-corrected chi connectivity index (χ4v) is 3.23. The van der Waals surface area contributed by atoms with Gasteiger partial charge in [-0.05, 0) is 43.2 Å². The van der Waals surface area contributed by atoms with E-state index < -0.39 is 11.7 Å². The molecule has 1 aliphatic heterocycles. The maximum atomic E-state index is 11.8. The average molecular weight is 334 g/mol. The number of methoxy groups -OCH3 is 1. The SMILES string of the molecule is COc1ccc(-c2ccccc2)c2cc3c(nc12)NC(=O)OC3(C)C. The number of hydrogen-bond donors (Lipinski definition) is 1. The number of benzene rings is 2. The molecule has 0 radical (unpaired) electrons. The van der Waals surface area contributed by atoms with Crippen LogP contribution in [0.3, 0.4) is 0 Å². The van der Waals surface area contributed by atoms with E-state index in [2.05, 4.69) is 22.4 Å². The maximum absolute atomic E-state index is 11.8. The van der Waals surface area contributed by atoms with Crippen LogP contribution in [0.2, 0.25) is 0 Å². The van der Waals surface area contributed by atoms with Crippen LogP contribution < -0.4 is 10.1 Å². The van der Waals surface area contributed by atoms with Gasteiger partial charge in [-0.2, -0.15) is 0 Å². The third-order valence-corrected chi connectivity index (χ3v) is 4.47. The van der Waals surface area contributed by atoms with Crippen LogP contribution in [-0.4, -0.2) is 18.2 Å². The maximum Gasteiger partial charge on any atom is 0.413 e. The molecule has 1 aromatic heterocycles. The standard InChI is InChI=1S/C20H18N2O3/c1-20(2)15-11-14-13(12-7-5-4-6-8-12)9-10-16(24-3)17(14)21-18(15)22-19(23)25-20/h4-11H,1-3H3,(H,21,22,23). The highest BCUT2D eigenvalue weighted by Crippen LogP contribution is 2.41. The van der Waals surface area contributed by atoms with Crippen LogP contribution in [0.1, 0.15) is 19.4 Å². The fraction of sp³-hybridized carbons (Fsp3) is 0.200. The van der Waals surface area contributed by atoms with Gasteiger partial charge in [-0.1, -0.05) is 30.3 Å². The number of rotatable bonds is 2. The Bertz CT molecular complexity index is 981. The molecule has 4 rings (SSSR count). The monoisotopic (exact) mass is 334 g/mol. The normalized spacial score (nSPS) is 15.2. The van der Waals surface area contributed by atoms with E-state index in [0.29, 0.717) is 17.1 Å². The summed E-state index contributed by atoms with van der Waals surface area (Å²) in [5.74, 6) is 1.17. The Morgan fingerprint density at radius 3 is 2.60 bits per heavy atom. The van der Waals surface area contributed by atoms with E-state index in [0.717, 1.165) is 22.1 Å². The molecule has 1 aliphatic rings. The second-order valence-electron chi connectivity index (χ2n) is 6.49. The van der Waals surface area contributed by atoms with Crippen molar-refractivity contribution in [3.63, 3.8) is 0 Å². The molecule has 0 saturated carbocycles. The number of anilines is 1. The summed E-state index contributed by atoms with van der Waals surface area (Å²) >= 11 is 0. The predicted octanol–water partition coefficient (Wildman–Crippen LogP) is 4.71. The van der Waals surface area contributed by atoms with Gasteiger partial charge in [0.25, 0.3) is 0 Å². The number of carbonyl (C=O) groups is 1. The third kappa shape index (κ3) is 2.48. The quantitative estimate of drug-likeness (QED) is 0.737. The second kappa shape index (κ2) is 5.48. The summed E-state index contributed by atoms with van der Waals surface area (Å²) in [6.45, 7) is 3.72. The topological polar surface area (TPSA) is 60.5 Å². The smallest absolute Gasteiger partial charge is 0.413 e.